The molecule has 6 heteroatoms. The van der Waals surface area contributed by atoms with Crippen LogP contribution in [0.5, 0.6) is 0 Å². The maximum atomic E-state index is 12.7. The number of hydrogen-bond acceptors (Lipinski definition) is 6. The van der Waals surface area contributed by atoms with Crippen molar-refractivity contribution in [1.29, 1.82) is 0 Å². The summed E-state index contributed by atoms with van der Waals surface area (Å²) in [6, 6.07) is 0. The predicted molar refractivity (Wildman–Crippen MR) is 266 cm³/mol. The fraction of sp³-hybridized carbons (Fsp3) is 0.946. The van der Waals surface area contributed by atoms with Gasteiger partial charge < -0.3 is 14.2 Å². The van der Waals surface area contributed by atoms with E-state index in [0.717, 1.165) is 75.5 Å². The predicted octanol–water partition coefficient (Wildman–Crippen LogP) is 17.9. The number of carbonyl (C=O) groups is 3. The van der Waals surface area contributed by atoms with Crippen molar-refractivity contribution in [3.8, 4) is 0 Å². The van der Waals surface area contributed by atoms with Gasteiger partial charge in [-0.2, -0.15) is 0 Å². The molecule has 1 atom stereocenters. The highest BCUT2D eigenvalue weighted by Crippen LogP contribution is 2.18. The second-order valence-electron chi connectivity index (χ2n) is 20.6. The van der Waals surface area contributed by atoms with Crippen LogP contribution in [-0.4, -0.2) is 37.2 Å². The molecule has 0 aromatic heterocycles. The molecule has 0 fully saturated rings. The summed E-state index contributed by atoms with van der Waals surface area (Å²) in [6.45, 7) is 13.7. The van der Waals surface area contributed by atoms with Crippen LogP contribution in [0.1, 0.15) is 305 Å². The van der Waals surface area contributed by atoms with Crippen molar-refractivity contribution in [2.45, 2.75) is 311 Å². The third kappa shape index (κ3) is 49.4. The maximum absolute atomic E-state index is 12.7. The van der Waals surface area contributed by atoms with E-state index in [2.05, 4.69) is 41.5 Å². The molecular formula is C56H108O6. The van der Waals surface area contributed by atoms with Gasteiger partial charge in [0.25, 0.3) is 0 Å². The first-order chi connectivity index (χ1) is 30.1. The van der Waals surface area contributed by atoms with Gasteiger partial charge in [0.05, 0.1) is 0 Å². The minimum absolute atomic E-state index is 0.0650. The SMILES string of the molecule is CC(C)CCCCCCCCCCCCCCCCCC(=O)OC[C@@H](COC(=O)CCCCCCCCCCCCCCCCC(C)C)OC(=O)CCCCCCCCC(C)C. The van der Waals surface area contributed by atoms with Gasteiger partial charge in [-0.1, -0.05) is 266 Å². The van der Waals surface area contributed by atoms with Gasteiger partial charge in [0, 0.05) is 19.3 Å². The highest BCUT2D eigenvalue weighted by atomic mass is 16.6. The molecule has 0 unspecified atom stereocenters. The second kappa shape index (κ2) is 47.4. The van der Waals surface area contributed by atoms with Crippen LogP contribution >= 0.6 is 0 Å². The van der Waals surface area contributed by atoms with Gasteiger partial charge in [0.1, 0.15) is 13.2 Å². The molecule has 0 aromatic carbocycles. The summed E-state index contributed by atoms with van der Waals surface area (Å²) in [5, 5.41) is 0. The van der Waals surface area contributed by atoms with Gasteiger partial charge in [-0.05, 0) is 37.0 Å². The molecule has 0 radical (unpaired) electrons. The molecule has 368 valence electrons. The van der Waals surface area contributed by atoms with Crippen molar-refractivity contribution in [3.05, 3.63) is 0 Å². The van der Waals surface area contributed by atoms with E-state index in [0.29, 0.717) is 19.3 Å². The van der Waals surface area contributed by atoms with E-state index in [4.69, 9.17) is 14.2 Å². The summed E-state index contributed by atoms with van der Waals surface area (Å²) in [4.78, 5) is 38.0. The minimum atomic E-state index is -0.763. The molecule has 0 amide bonds. The van der Waals surface area contributed by atoms with Crippen LogP contribution in [0.15, 0.2) is 0 Å². The average molecular weight is 877 g/mol. The number of hydrogen-bond donors (Lipinski definition) is 0. The Labute approximate surface area is 387 Å². The lowest BCUT2D eigenvalue weighted by Gasteiger charge is -2.18. The number of carbonyl (C=O) groups excluding carboxylic acids is 3. The third-order valence-corrected chi connectivity index (χ3v) is 12.6. The van der Waals surface area contributed by atoms with E-state index < -0.39 is 6.10 Å². The lowest BCUT2D eigenvalue weighted by Crippen LogP contribution is -2.30. The Morgan fingerprint density at radius 3 is 0.694 bits per heavy atom. The highest BCUT2D eigenvalue weighted by Gasteiger charge is 2.19. The normalized spacial score (nSPS) is 12.1. The van der Waals surface area contributed by atoms with E-state index in [-0.39, 0.29) is 31.1 Å². The van der Waals surface area contributed by atoms with Gasteiger partial charge >= 0.3 is 17.9 Å². The Balaban J connectivity index is 4.20. The van der Waals surface area contributed by atoms with E-state index in [1.54, 1.807) is 0 Å². The zero-order valence-electron chi connectivity index (χ0n) is 42.7. The fourth-order valence-electron chi connectivity index (χ4n) is 8.47. The number of rotatable bonds is 49. The standard InChI is InChI=1S/C56H108O6/c1-50(2)42-36-30-24-20-16-12-8-7-9-14-18-22-26-33-39-45-54(57)60-48-53(62-56(59)47-41-35-29-28-32-38-44-52(5)6)49-61-55(58)46-40-34-27-23-19-15-11-10-13-17-21-25-31-37-43-51(3)4/h50-53H,7-49H2,1-6H3/t53-/m0/s1. The zero-order valence-corrected chi connectivity index (χ0v) is 42.7. The van der Waals surface area contributed by atoms with Crippen molar-refractivity contribution >= 4 is 17.9 Å². The summed E-state index contributed by atoms with van der Waals surface area (Å²) in [5.74, 6) is 1.60. The smallest absolute Gasteiger partial charge is 0.306 e. The largest absolute Gasteiger partial charge is 0.462 e. The molecule has 0 saturated carbocycles. The Morgan fingerprint density at radius 2 is 0.468 bits per heavy atom. The van der Waals surface area contributed by atoms with Crippen LogP contribution in [0.3, 0.4) is 0 Å². The van der Waals surface area contributed by atoms with Crippen LogP contribution in [0.4, 0.5) is 0 Å². The van der Waals surface area contributed by atoms with Crippen molar-refractivity contribution in [1.82, 2.24) is 0 Å². The lowest BCUT2D eigenvalue weighted by atomic mass is 10.0. The maximum Gasteiger partial charge on any atom is 0.306 e. The zero-order chi connectivity index (χ0) is 45.6. The summed E-state index contributed by atoms with van der Waals surface area (Å²) in [5.41, 5.74) is 0. The molecule has 0 spiro atoms. The topological polar surface area (TPSA) is 78.9 Å². The fourth-order valence-corrected chi connectivity index (χ4v) is 8.47. The van der Waals surface area contributed by atoms with Crippen LogP contribution in [-0.2, 0) is 28.6 Å². The first-order valence-electron chi connectivity index (χ1n) is 27.6. The van der Waals surface area contributed by atoms with Gasteiger partial charge in [-0.3, -0.25) is 14.4 Å². The summed E-state index contributed by atoms with van der Waals surface area (Å²) in [7, 11) is 0. The molecule has 62 heavy (non-hydrogen) atoms. The molecule has 0 aromatic rings. The van der Waals surface area contributed by atoms with E-state index >= 15 is 0 Å². The second-order valence-corrected chi connectivity index (χ2v) is 20.6. The number of esters is 3. The van der Waals surface area contributed by atoms with Gasteiger partial charge in [0.15, 0.2) is 6.10 Å². The summed E-state index contributed by atoms with van der Waals surface area (Å²) < 4.78 is 16.8. The van der Waals surface area contributed by atoms with Crippen molar-refractivity contribution in [2.24, 2.45) is 17.8 Å². The monoisotopic (exact) mass is 877 g/mol. The van der Waals surface area contributed by atoms with Crippen molar-refractivity contribution in [2.75, 3.05) is 13.2 Å². The Kier molecular flexibility index (Phi) is 46.2. The Morgan fingerprint density at radius 1 is 0.274 bits per heavy atom. The Hall–Kier alpha value is -1.59. The van der Waals surface area contributed by atoms with E-state index in [1.807, 2.05) is 0 Å². The van der Waals surface area contributed by atoms with Crippen LogP contribution in [0.2, 0.25) is 0 Å². The molecule has 0 rings (SSSR count). The lowest BCUT2D eigenvalue weighted by molar-refractivity contribution is -0.167. The quantitative estimate of drug-likeness (QED) is 0.0344. The minimum Gasteiger partial charge on any atom is -0.462 e. The molecule has 6 nitrogen and oxygen atoms in total. The van der Waals surface area contributed by atoms with E-state index in [9.17, 15) is 14.4 Å². The number of ether oxygens (including phenoxy) is 3. The molecule has 0 aliphatic carbocycles. The molecule has 0 N–H and O–H groups in total. The highest BCUT2D eigenvalue weighted by molar-refractivity contribution is 5.71. The Bertz CT molecular complexity index is 960. The summed E-state index contributed by atoms with van der Waals surface area (Å²) >= 11 is 0. The molecule has 0 heterocycles. The van der Waals surface area contributed by atoms with Gasteiger partial charge in [-0.25, -0.2) is 0 Å². The van der Waals surface area contributed by atoms with E-state index in [1.165, 1.54) is 186 Å². The van der Waals surface area contributed by atoms with Crippen LogP contribution < -0.4 is 0 Å². The molecule has 0 bridgehead atoms. The first kappa shape index (κ1) is 60.4. The number of unbranched alkanes of at least 4 members (excludes halogenated alkanes) is 32. The molecule has 0 aliphatic rings. The van der Waals surface area contributed by atoms with Crippen molar-refractivity contribution < 1.29 is 28.6 Å². The van der Waals surface area contributed by atoms with Gasteiger partial charge in [0.2, 0.25) is 0 Å². The summed E-state index contributed by atoms with van der Waals surface area (Å²) in [6.07, 6.45) is 48.2. The molecular weight excluding hydrogens is 769 g/mol. The molecule has 0 saturated heterocycles. The molecule has 0 aliphatic heterocycles. The van der Waals surface area contributed by atoms with Crippen LogP contribution in [0.25, 0.3) is 0 Å². The average Bonchev–Trinajstić information content (AvgIpc) is 3.23. The van der Waals surface area contributed by atoms with Crippen molar-refractivity contribution in [3.63, 3.8) is 0 Å². The van der Waals surface area contributed by atoms with Gasteiger partial charge in [-0.15, -0.1) is 0 Å². The van der Waals surface area contributed by atoms with Crippen LogP contribution in [0, 0.1) is 17.8 Å². The first-order valence-corrected chi connectivity index (χ1v) is 27.6. The third-order valence-electron chi connectivity index (χ3n) is 12.6.